The molecule has 13 aromatic carbocycles. The summed E-state index contributed by atoms with van der Waals surface area (Å²) in [7, 11) is 0. The maximum absolute atomic E-state index is 2.46. The van der Waals surface area contributed by atoms with E-state index in [0.29, 0.717) is 0 Å². The summed E-state index contributed by atoms with van der Waals surface area (Å²) in [5, 5.41) is 15.9. The van der Waals surface area contributed by atoms with Crippen LogP contribution in [0.2, 0.25) is 0 Å². The second-order valence-electron chi connectivity index (χ2n) is 18.7. The van der Waals surface area contributed by atoms with E-state index in [9.17, 15) is 0 Å². The van der Waals surface area contributed by atoms with Crippen molar-refractivity contribution < 1.29 is 0 Å². The Hall–Kier alpha value is -8.32. The Kier molecular flexibility index (Phi) is 7.18. The molecule has 0 aromatic heterocycles. The minimum Gasteiger partial charge on any atom is -0.0622 e. The number of hydrogen-bond donors (Lipinski definition) is 0. The number of fused-ring (bicyclic) bond motifs is 10. The summed E-state index contributed by atoms with van der Waals surface area (Å²) in [5.74, 6) is 0. The monoisotopic (exact) mass is 832 g/mol. The van der Waals surface area contributed by atoms with E-state index >= 15 is 0 Å². The second kappa shape index (κ2) is 13.1. The molecular formula is C66H40. The summed E-state index contributed by atoms with van der Waals surface area (Å²) in [6.07, 6.45) is 0. The molecule has 0 aliphatic heterocycles. The average Bonchev–Trinajstić information content (AvgIpc) is 3.88. The lowest BCUT2D eigenvalue weighted by molar-refractivity contribution is 1.47. The SMILES string of the molecule is Cc1ccc(-c2c3c(c(-c4ccccc4)c4ccccc24)-c2ccc4c5ccc6c7c(ccc(c8ccc-3c2c48)c75)-c2c-6c(-c3ccc(C)cc3)c3ccccc3c2-c2ccccc2)cc1. The van der Waals surface area contributed by atoms with E-state index in [1.54, 1.807) is 0 Å². The van der Waals surface area contributed by atoms with Gasteiger partial charge in [-0.05, 0) is 167 Å². The molecule has 15 rings (SSSR count). The van der Waals surface area contributed by atoms with Crippen molar-refractivity contribution >= 4 is 64.6 Å². The summed E-state index contributed by atoms with van der Waals surface area (Å²) >= 11 is 0. The molecule has 0 nitrogen and oxygen atoms in total. The third-order valence-electron chi connectivity index (χ3n) is 15.2. The summed E-state index contributed by atoms with van der Waals surface area (Å²) in [4.78, 5) is 0. The lowest BCUT2D eigenvalue weighted by Gasteiger charge is -2.20. The molecule has 0 spiro atoms. The van der Waals surface area contributed by atoms with Crippen molar-refractivity contribution in [2.75, 3.05) is 0 Å². The zero-order chi connectivity index (χ0) is 43.4. The van der Waals surface area contributed by atoms with Gasteiger partial charge in [0.25, 0.3) is 0 Å². The predicted molar refractivity (Wildman–Crippen MR) is 283 cm³/mol. The third kappa shape index (κ3) is 4.63. The number of rotatable bonds is 4. The molecule has 0 radical (unpaired) electrons. The first-order chi connectivity index (χ1) is 32.6. The fraction of sp³-hybridized carbons (Fsp3) is 0.0303. The van der Waals surface area contributed by atoms with Crippen LogP contribution in [0.1, 0.15) is 11.1 Å². The Morgan fingerprint density at radius 2 is 0.439 bits per heavy atom. The van der Waals surface area contributed by atoms with Crippen molar-refractivity contribution in [2.24, 2.45) is 0 Å². The van der Waals surface area contributed by atoms with E-state index in [1.165, 1.54) is 165 Å². The highest BCUT2D eigenvalue weighted by Crippen LogP contribution is 2.62. The van der Waals surface area contributed by atoms with Crippen molar-refractivity contribution in [3.8, 4) is 89.0 Å². The van der Waals surface area contributed by atoms with Crippen molar-refractivity contribution in [3.63, 3.8) is 0 Å². The Labute approximate surface area is 383 Å². The van der Waals surface area contributed by atoms with Crippen molar-refractivity contribution in [1.29, 1.82) is 0 Å². The lowest BCUT2D eigenvalue weighted by atomic mass is 9.82. The second-order valence-corrected chi connectivity index (χ2v) is 18.7. The maximum atomic E-state index is 2.46. The summed E-state index contributed by atoms with van der Waals surface area (Å²) in [6, 6.07) is 78.3. The molecule has 66 heavy (non-hydrogen) atoms. The summed E-state index contributed by atoms with van der Waals surface area (Å²) in [5.41, 5.74) is 23.5. The molecular weight excluding hydrogens is 793 g/mol. The molecule has 0 amide bonds. The molecule has 0 atom stereocenters. The largest absolute Gasteiger partial charge is 0.0622 e. The van der Waals surface area contributed by atoms with Crippen LogP contribution in [0.25, 0.3) is 154 Å². The van der Waals surface area contributed by atoms with E-state index < -0.39 is 0 Å². The molecule has 0 heterocycles. The fourth-order valence-electron chi connectivity index (χ4n) is 12.5. The molecule has 0 saturated heterocycles. The first-order valence-electron chi connectivity index (χ1n) is 23.3. The van der Waals surface area contributed by atoms with Gasteiger partial charge in [-0.1, -0.05) is 217 Å². The van der Waals surface area contributed by atoms with Crippen LogP contribution in [-0.4, -0.2) is 0 Å². The molecule has 0 bridgehead atoms. The van der Waals surface area contributed by atoms with Gasteiger partial charge in [0.2, 0.25) is 0 Å². The molecule has 0 heteroatoms. The Morgan fingerprint density at radius 3 is 0.727 bits per heavy atom. The number of hydrogen-bond acceptors (Lipinski definition) is 0. The molecule has 2 aliphatic rings. The zero-order valence-electron chi connectivity index (χ0n) is 36.6. The van der Waals surface area contributed by atoms with Crippen LogP contribution >= 0.6 is 0 Å². The van der Waals surface area contributed by atoms with Crippen LogP contribution in [0.3, 0.4) is 0 Å². The predicted octanol–water partition coefficient (Wildman–Crippen LogP) is 18.6. The van der Waals surface area contributed by atoms with Gasteiger partial charge in [-0.25, -0.2) is 0 Å². The van der Waals surface area contributed by atoms with Crippen LogP contribution < -0.4 is 0 Å². The van der Waals surface area contributed by atoms with E-state index in [-0.39, 0.29) is 0 Å². The number of benzene rings is 13. The third-order valence-corrected chi connectivity index (χ3v) is 15.2. The lowest BCUT2D eigenvalue weighted by Crippen LogP contribution is -1.93. The van der Waals surface area contributed by atoms with Crippen LogP contribution in [0.5, 0.6) is 0 Å². The Balaban J connectivity index is 1.08. The van der Waals surface area contributed by atoms with E-state index in [4.69, 9.17) is 0 Å². The summed E-state index contributed by atoms with van der Waals surface area (Å²) < 4.78 is 0. The highest BCUT2D eigenvalue weighted by molar-refractivity contribution is 6.42. The van der Waals surface area contributed by atoms with Gasteiger partial charge in [-0.2, -0.15) is 0 Å². The van der Waals surface area contributed by atoms with Crippen LogP contribution in [0.15, 0.2) is 206 Å². The standard InChI is InChI=1S/C66H40/c1-37-21-25-41(26-22-37)57-45-19-11-9-17-43(45)55(39-13-5-3-6-14-39)63-51-33-29-47-50-32-36-54-62-52(34-30-48(60(50)62)49-31-35-53(65(57)63)61(51)59(47)49)64-56(40-15-7-4-8-16-40)44-18-10-12-20-46(44)58(66(54)64)42-27-23-38(2)24-28-42/h3-36H,1-2H3. The van der Waals surface area contributed by atoms with Crippen molar-refractivity contribution in [1.82, 2.24) is 0 Å². The van der Waals surface area contributed by atoms with Crippen molar-refractivity contribution in [2.45, 2.75) is 13.8 Å². The summed E-state index contributed by atoms with van der Waals surface area (Å²) in [6.45, 7) is 4.36. The fourth-order valence-corrected chi connectivity index (χ4v) is 12.5. The van der Waals surface area contributed by atoms with Crippen LogP contribution in [-0.2, 0) is 0 Å². The van der Waals surface area contributed by atoms with Gasteiger partial charge in [0.15, 0.2) is 0 Å². The zero-order valence-corrected chi connectivity index (χ0v) is 36.6. The Bertz CT molecular complexity index is 3930. The first kappa shape index (κ1) is 36.1. The smallest absolute Gasteiger partial charge is 0.000740 e. The van der Waals surface area contributed by atoms with Gasteiger partial charge in [-0.15, -0.1) is 0 Å². The van der Waals surface area contributed by atoms with Crippen molar-refractivity contribution in [3.05, 3.63) is 217 Å². The van der Waals surface area contributed by atoms with Crippen LogP contribution in [0.4, 0.5) is 0 Å². The van der Waals surface area contributed by atoms with Gasteiger partial charge in [0.1, 0.15) is 0 Å². The van der Waals surface area contributed by atoms with Gasteiger partial charge in [-0.3, -0.25) is 0 Å². The Morgan fingerprint density at radius 1 is 0.182 bits per heavy atom. The minimum atomic E-state index is 1.25. The van der Waals surface area contributed by atoms with Gasteiger partial charge in [0, 0.05) is 0 Å². The number of aryl methyl sites for hydroxylation is 2. The van der Waals surface area contributed by atoms with Crippen LogP contribution in [0, 0.1) is 13.8 Å². The highest BCUT2D eigenvalue weighted by atomic mass is 14.4. The molecule has 13 aromatic rings. The molecule has 0 unspecified atom stereocenters. The van der Waals surface area contributed by atoms with E-state index in [0.717, 1.165) is 0 Å². The highest BCUT2D eigenvalue weighted by Gasteiger charge is 2.35. The molecule has 2 aliphatic carbocycles. The molecule has 304 valence electrons. The molecule has 0 saturated carbocycles. The normalized spacial score (nSPS) is 12.4. The first-order valence-corrected chi connectivity index (χ1v) is 23.3. The topological polar surface area (TPSA) is 0 Å². The van der Waals surface area contributed by atoms with E-state index in [1.807, 2.05) is 0 Å². The van der Waals surface area contributed by atoms with Gasteiger partial charge < -0.3 is 0 Å². The van der Waals surface area contributed by atoms with Gasteiger partial charge in [0.05, 0.1) is 0 Å². The van der Waals surface area contributed by atoms with E-state index in [2.05, 4.69) is 220 Å². The molecule has 0 fully saturated rings. The minimum absolute atomic E-state index is 1.25. The van der Waals surface area contributed by atoms with Gasteiger partial charge >= 0.3 is 0 Å². The average molecular weight is 833 g/mol. The molecule has 0 N–H and O–H groups in total. The maximum Gasteiger partial charge on any atom is -0.000740 e. The quantitative estimate of drug-likeness (QED) is 0.122.